The van der Waals surface area contributed by atoms with Crippen LogP contribution in [0.4, 0.5) is 11.5 Å². The molecule has 0 bridgehead atoms. The van der Waals surface area contributed by atoms with Crippen LogP contribution in [0.2, 0.25) is 0 Å². The van der Waals surface area contributed by atoms with Crippen LogP contribution >= 0.6 is 0 Å². The van der Waals surface area contributed by atoms with Crippen LogP contribution in [0.1, 0.15) is 17.1 Å². The lowest BCUT2D eigenvalue weighted by atomic mass is 10.2. The van der Waals surface area contributed by atoms with Gasteiger partial charge in [0, 0.05) is 36.8 Å². The molecule has 0 saturated carbocycles. The van der Waals surface area contributed by atoms with Crippen LogP contribution < -0.4 is 5.32 Å². The van der Waals surface area contributed by atoms with Crippen LogP contribution in [0.25, 0.3) is 11.4 Å². The standard InChI is InChI=1S/C16H18N6/c1-10-8-14(19-15-11(2)21-22(4)12(15)3)20-16(18-10)13-6-5-7-17-9-13/h5-9H,1-4H3,(H,18,19,20). The van der Waals surface area contributed by atoms with Crippen molar-refractivity contribution in [2.45, 2.75) is 20.8 Å². The fourth-order valence-corrected chi connectivity index (χ4v) is 2.34. The highest BCUT2D eigenvalue weighted by molar-refractivity contribution is 5.64. The van der Waals surface area contributed by atoms with E-state index in [4.69, 9.17) is 0 Å². The van der Waals surface area contributed by atoms with Crippen molar-refractivity contribution in [2.75, 3.05) is 5.32 Å². The molecular weight excluding hydrogens is 276 g/mol. The zero-order valence-corrected chi connectivity index (χ0v) is 13.1. The van der Waals surface area contributed by atoms with Gasteiger partial charge in [-0.15, -0.1) is 0 Å². The fraction of sp³-hybridized carbons (Fsp3) is 0.250. The van der Waals surface area contributed by atoms with Gasteiger partial charge >= 0.3 is 0 Å². The number of aromatic nitrogens is 5. The van der Waals surface area contributed by atoms with Crippen molar-refractivity contribution in [3.8, 4) is 11.4 Å². The Bertz CT molecular complexity index is 807. The second kappa shape index (κ2) is 5.55. The summed E-state index contributed by atoms with van der Waals surface area (Å²) in [5.41, 5.74) is 4.79. The number of nitrogens with one attached hydrogen (secondary N) is 1. The third kappa shape index (κ3) is 2.67. The summed E-state index contributed by atoms with van der Waals surface area (Å²) in [6.07, 6.45) is 3.50. The van der Waals surface area contributed by atoms with E-state index in [1.54, 1.807) is 12.4 Å². The lowest BCUT2D eigenvalue weighted by molar-refractivity contribution is 0.731. The highest BCUT2D eigenvalue weighted by Gasteiger charge is 2.11. The van der Waals surface area contributed by atoms with E-state index in [2.05, 4.69) is 25.4 Å². The Balaban J connectivity index is 2.00. The van der Waals surface area contributed by atoms with E-state index in [1.165, 1.54) is 0 Å². The molecule has 3 rings (SSSR count). The number of aryl methyl sites for hydroxylation is 3. The van der Waals surface area contributed by atoms with Crippen molar-refractivity contribution in [3.05, 3.63) is 47.7 Å². The first-order valence-electron chi connectivity index (χ1n) is 7.08. The summed E-state index contributed by atoms with van der Waals surface area (Å²) in [4.78, 5) is 13.2. The second-order valence-corrected chi connectivity index (χ2v) is 5.25. The van der Waals surface area contributed by atoms with Crippen LogP contribution in [0.5, 0.6) is 0 Å². The molecule has 0 aromatic carbocycles. The van der Waals surface area contributed by atoms with Crippen molar-refractivity contribution in [1.82, 2.24) is 24.7 Å². The molecule has 1 N–H and O–H groups in total. The van der Waals surface area contributed by atoms with Gasteiger partial charge in [-0.1, -0.05) is 0 Å². The molecule has 22 heavy (non-hydrogen) atoms. The number of hydrogen-bond donors (Lipinski definition) is 1. The highest BCUT2D eigenvalue weighted by atomic mass is 15.3. The van der Waals surface area contributed by atoms with Gasteiger partial charge in [0.05, 0.1) is 17.1 Å². The van der Waals surface area contributed by atoms with Crippen LogP contribution in [-0.4, -0.2) is 24.7 Å². The molecule has 6 nitrogen and oxygen atoms in total. The Labute approximate surface area is 129 Å². The molecule has 3 aromatic rings. The Hall–Kier alpha value is -2.76. The van der Waals surface area contributed by atoms with Gasteiger partial charge in [-0.2, -0.15) is 5.10 Å². The summed E-state index contributed by atoms with van der Waals surface area (Å²) in [6, 6.07) is 5.75. The largest absolute Gasteiger partial charge is 0.337 e. The van der Waals surface area contributed by atoms with Crippen LogP contribution in [-0.2, 0) is 7.05 Å². The summed E-state index contributed by atoms with van der Waals surface area (Å²) in [6.45, 7) is 5.96. The molecule has 3 aromatic heterocycles. The van der Waals surface area contributed by atoms with Gasteiger partial charge in [0.1, 0.15) is 5.82 Å². The van der Waals surface area contributed by atoms with E-state index >= 15 is 0 Å². The van der Waals surface area contributed by atoms with Gasteiger partial charge in [-0.3, -0.25) is 9.67 Å². The minimum absolute atomic E-state index is 0.662. The smallest absolute Gasteiger partial charge is 0.163 e. The molecule has 0 amide bonds. The molecule has 0 spiro atoms. The summed E-state index contributed by atoms with van der Waals surface area (Å²) < 4.78 is 1.85. The van der Waals surface area contributed by atoms with Crippen molar-refractivity contribution in [1.29, 1.82) is 0 Å². The molecule has 0 unspecified atom stereocenters. The predicted molar refractivity (Wildman–Crippen MR) is 86.0 cm³/mol. The van der Waals surface area contributed by atoms with E-state index in [0.29, 0.717) is 5.82 Å². The van der Waals surface area contributed by atoms with Crippen LogP contribution in [0.15, 0.2) is 30.6 Å². The van der Waals surface area contributed by atoms with E-state index in [9.17, 15) is 0 Å². The zero-order chi connectivity index (χ0) is 15.7. The number of anilines is 2. The quantitative estimate of drug-likeness (QED) is 0.804. The van der Waals surface area contributed by atoms with Crippen LogP contribution in [0, 0.1) is 20.8 Å². The molecule has 0 atom stereocenters. The average Bonchev–Trinajstić information content (AvgIpc) is 2.74. The van der Waals surface area contributed by atoms with Gasteiger partial charge in [0.15, 0.2) is 5.82 Å². The van der Waals surface area contributed by atoms with Crippen molar-refractivity contribution in [2.24, 2.45) is 7.05 Å². The third-order valence-electron chi connectivity index (χ3n) is 3.54. The lowest BCUT2D eigenvalue weighted by Crippen LogP contribution is -2.01. The number of rotatable bonds is 3. The third-order valence-corrected chi connectivity index (χ3v) is 3.54. The van der Waals surface area contributed by atoms with Gasteiger partial charge in [-0.05, 0) is 32.9 Å². The van der Waals surface area contributed by atoms with Crippen molar-refractivity contribution in [3.63, 3.8) is 0 Å². The normalized spacial score (nSPS) is 10.7. The summed E-state index contributed by atoms with van der Waals surface area (Å²) in [5.74, 6) is 1.42. The number of nitrogens with zero attached hydrogens (tertiary/aromatic N) is 5. The average molecular weight is 294 g/mol. The molecule has 6 heteroatoms. The van der Waals surface area contributed by atoms with Gasteiger partial charge in [0.25, 0.3) is 0 Å². The Morgan fingerprint density at radius 1 is 1.14 bits per heavy atom. The van der Waals surface area contributed by atoms with E-state index in [0.717, 1.165) is 34.2 Å². The predicted octanol–water partition coefficient (Wildman–Crippen LogP) is 2.94. The molecule has 0 saturated heterocycles. The first-order chi connectivity index (χ1) is 10.5. The topological polar surface area (TPSA) is 68.5 Å². The van der Waals surface area contributed by atoms with Gasteiger partial charge < -0.3 is 5.32 Å². The zero-order valence-electron chi connectivity index (χ0n) is 13.1. The Morgan fingerprint density at radius 3 is 2.59 bits per heavy atom. The number of pyridine rings is 1. The molecule has 0 aliphatic carbocycles. The Kier molecular flexibility index (Phi) is 3.58. The SMILES string of the molecule is Cc1cc(Nc2c(C)nn(C)c2C)nc(-c2cccnc2)n1. The van der Waals surface area contributed by atoms with E-state index in [1.807, 2.05) is 50.7 Å². The monoisotopic (exact) mass is 294 g/mol. The van der Waals surface area contributed by atoms with E-state index < -0.39 is 0 Å². The first-order valence-corrected chi connectivity index (χ1v) is 7.08. The molecule has 0 aliphatic heterocycles. The number of hydrogen-bond acceptors (Lipinski definition) is 5. The molecule has 0 aliphatic rings. The molecule has 0 fully saturated rings. The van der Waals surface area contributed by atoms with E-state index in [-0.39, 0.29) is 0 Å². The second-order valence-electron chi connectivity index (χ2n) is 5.25. The summed E-state index contributed by atoms with van der Waals surface area (Å²) >= 11 is 0. The van der Waals surface area contributed by atoms with Gasteiger partial charge in [-0.25, -0.2) is 9.97 Å². The molecular formula is C16H18N6. The maximum absolute atomic E-state index is 4.59. The molecule has 112 valence electrons. The fourth-order valence-electron chi connectivity index (χ4n) is 2.34. The molecule has 0 radical (unpaired) electrons. The minimum atomic E-state index is 0.662. The molecule has 3 heterocycles. The van der Waals surface area contributed by atoms with Crippen molar-refractivity contribution >= 4 is 11.5 Å². The maximum Gasteiger partial charge on any atom is 0.163 e. The van der Waals surface area contributed by atoms with Crippen LogP contribution in [0.3, 0.4) is 0 Å². The first kappa shape index (κ1) is 14.2. The lowest BCUT2D eigenvalue weighted by Gasteiger charge is -2.09. The summed E-state index contributed by atoms with van der Waals surface area (Å²) in [7, 11) is 1.93. The van der Waals surface area contributed by atoms with Gasteiger partial charge in [0.2, 0.25) is 0 Å². The van der Waals surface area contributed by atoms with Crippen molar-refractivity contribution < 1.29 is 0 Å². The Morgan fingerprint density at radius 2 is 1.95 bits per heavy atom. The summed E-state index contributed by atoms with van der Waals surface area (Å²) in [5, 5.41) is 7.77. The maximum atomic E-state index is 4.59. The minimum Gasteiger partial charge on any atom is -0.337 e. The highest BCUT2D eigenvalue weighted by Crippen LogP contribution is 2.24.